The van der Waals surface area contributed by atoms with E-state index in [1.165, 1.54) is 0 Å². The molecule has 5 nitrogen and oxygen atoms in total. The number of amidine groups is 1. The van der Waals surface area contributed by atoms with Crippen LogP contribution in [0.25, 0.3) is 0 Å². The summed E-state index contributed by atoms with van der Waals surface area (Å²) in [5.41, 5.74) is 6.22. The first kappa shape index (κ1) is 15.3. The Balaban J connectivity index is 2.65. The van der Waals surface area contributed by atoms with Crippen LogP contribution in [0.15, 0.2) is 29.4 Å². The van der Waals surface area contributed by atoms with Crippen LogP contribution in [0.1, 0.15) is 18.9 Å². The number of nitrogens with zero attached hydrogens (tertiary/aromatic N) is 2. The van der Waals surface area contributed by atoms with Gasteiger partial charge in [0.25, 0.3) is 0 Å². The van der Waals surface area contributed by atoms with Crippen molar-refractivity contribution in [2.24, 2.45) is 10.9 Å². The predicted molar refractivity (Wildman–Crippen MR) is 75.4 cm³/mol. The van der Waals surface area contributed by atoms with Gasteiger partial charge in [0.2, 0.25) is 5.91 Å². The van der Waals surface area contributed by atoms with Crippen LogP contribution >= 0.6 is 11.6 Å². The number of oxime groups is 1. The second-order valence-electron chi connectivity index (χ2n) is 4.42. The molecule has 0 aliphatic carbocycles. The Morgan fingerprint density at radius 1 is 1.53 bits per heavy atom. The van der Waals surface area contributed by atoms with Gasteiger partial charge in [-0.2, -0.15) is 0 Å². The van der Waals surface area contributed by atoms with Gasteiger partial charge in [-0.15, -0.1) is 0 Å². The van der Waals surface area contributed by atoms with Gasteiger partial charge >= 0.3 is 0 Å². The van der Waals surface area contributed by atoms with Crippen molar-refractivity contribution in [1.82, 2.24) is 4.90 Å². The first-order valence-corrected chi connectivity index (χ1v) is 6.29. The second kappa shape index (κ2) is 6.99. The molecule has 1 aromatic carbocycles. The van der Waals surface area contributed by atoms with Gasteiger partial charge in [-0.1, -0.05) is 35.0 Å². The Kier molecular flexibility index (Phi) is 5.63. The van der Waals surface area contributed by atoms with Gasteiger partial charge < -0.3 is 15.8 Å². The summed E-state index contributed by atoms with van der Waals surface area (Å²) in [6.45, 7) is 1.84. The minimum atomic E-state index is -0.147. The number of carbonyl (C=O) groups excluding carboxylic acids is 1. The highest BCUT2D eigenvalue weighted by Crippen LogP contribution is 2.16. The monoisotopic (exact) mass is 283 g/mol. The highest BCUT2D eigenvalue weighted by molar-refractivity contribution is 6.31. The number of carbonyl (C=O) groups is 1. The summed E-state index contributed by atoms with van der Waals surface area (Å²) in [7, 11) is 1.69. The lowest BCUT2D eigenvalue weighted by molar-refractivity contribution is -0.130. The summed E-state index contributed by atoms with van der Waals surface area (Å²) in [5.74, 6) is 0.0382. The maximum atomic E-state index is 12.1. The molecular formula is C13H18ClN3O2. The molecule has 1 rings (SSSR count). The summed E-state index contributed by atoms with van der Waals surface area (Å²) in [5, 5.41) is 12.0. The van der Waals surface area contributed by atoms with Crippen LogP contribution < -0.4 is 5.73 Å². The minimum absolute atomic E-state index is 0.0636. The highest BCUT2D eigenvalue weighted by Gasteiger charge is 2.18. The maximum absolute atomic E-state index is 12.1. The summed E-state index contributed by atoms with van der Waals surface area (Å²) in [4.78, 5) is 13.7. The third-order valence-corrected chi connectivity index (χ3v) is 3.36. The molecule has 0 aliphatic rings. The van der Waals surface area contributed by atoms with Crippen LogP contribution in [0.4, 0.5) is 0 Å². The molecule has 6 heteroatoms. The summed E-state index contributed by atoms with van der Waals surface area (Å²) >= 11 is 6.02. The van der Waals surface area contributed by atoms with Crippen LogP contribution in [0.5, 0.6) is 0 Å². The molecule has 0 heterocycles. The molecule has 0 saturated heterocycles. The van der Waals surface area contributed by atoms with Crippen molar-refractivity contribution in [1.29, 1.82) is 0 Å². The fourth-order valence-electron chi connectivity index (χ4n) is 1.66. The van der Waals surface area contributed by atoms with Crippen molar-refractivity contribution in [2.75, 3.05) is 7.05 Å². The van der Waals surface area contributed by atoms with Crippen molar-refractivity contribution in [3.8, 4) is 0 Å². The Bertz CT molecular complexity index is 477. The number of rotatable bonds is 5. The van der Waals surface area contributed by atoms with E-state index in [0.717, 1.165) is 5.56 Å². The zero-order valence-corrected chi connectivity index (χ0v) is 11.8. The van der Waals surface area contributed by atoms with Crippen LogP contribution in [-0.2, 0) is 11.2 Å². The van der Waals surface area contributed by atoms with E-state index in [9.17, 15) is 4.79 Å². The average Bonchev–Trinajstić information content (AvgIpc) is 2.40. The lowest BCUT2D eigenvalue weighted by atomic mass is 10.1. The number of hydrogen-bond acceptors (Lipinski definition) is 3. The predicted octanol–water partition coefficient (Wildman–Crippen LogP) is 1.87. The number of likely N-dealkylation sites (N-methyl/N-ethyl adjacent to an activating group) is 1. The minimum Gasteiger partial charge on any atom is -0.409 e. The van der Waals surface area contributed by atoms with Crippen molar-refractivity contribution in [2.45, 2.75) is 25.8 Å². The van der Waals surface area contributed by atoms with Crippen LogP contribution in [0, 0.1) is 0 Å². The second-order valence-corrected chi connectivity index (χ2v) is 4.82. The molecule has 0 bridgehead atoms. The molecule has 0 radical (unpaired) electrons. The summed E-state index contributed by atoms with van der Waals surface area (Å²) < 4.78 is 0. The van der Waals surface area contributed by atoms with E-state index >= 15 is 0 Å². The van der Waals surface area contributed by atoms with Gasteiger partial charge in [-0.3, -0.25) is 4.79 Å². The summed E-state index contributed by atoms with van der Waals surface area (Å²) in [6, 6.07) is 7.09. The molecule has 0 aliphatic heterocycles. The molecule has 0 fully saturated rings. The van der Waals surface area contributed by atoms with E-state index in [2.05, 4.69) is 5.16 Å². The Morgan fingerprint density at radius 3 is 2.74 bits per heavy atom. The lowest BCUT2D eigenvalue weighted by Gasteiger charge is -2.24. The first-order chi connectivity index (χ1) is 8.95. The van der Waals surface area contributed by atoms with Crippen molar-refractivity contribution >= 4 is 23.3 Å². The zero-order chi connectivity index (χ0) is 14.4. The fraction of sp³-hybridized carbons (Fsp3) is 0.385. The highest BCUT2D eigenvalue weighted by atomic mass is 35.5. The van der Waals surface area contributed by atoms with Gasteiger partial charge in [0.15, 0.2) is 0 Å². The number of benzene rings is 1. The number of halogens is 1. The van der Waals surface area contributed by atoms with Crippen molar-refractivity contribution in [3.05, 3.63) is 34.9 Å². The van der Waals surface area contributed by atoms with E-state index in [1.54, 1.807) is 18.0 Å². The molecule has 104 valence electrons. The standard InChI is InChI=1S/C13H18ClN3O2/c1-9(7-12(15)16-19)17(2)13(18)8-10-5-3-4-6-11(10)14/h3-6,9,19H,7-8H2,1-2H3,(H2,15,16). The normalized spacial score (nSPS) is 13.1. The van der Waals surface area contributed by atoms with Crippen LogP contribution in [-0.4, -0.2) is 34.9 Å². The van der Waals surface area contributed by atoms with Crippen molar-refractivity contribution < 1.29 is 10.0 Å². The van der Waals surface area contributed by atoms with E-state index < -0.39 is 0 Å². The molecule has 1 unspecified atom stereocenters. The molecule has 1 atom stereocenters. The Morgan fingerprint density at radius 2 is 2.16 bits per heavy atom. The molecule has 0 saturated carbocycles. The summed E-state index contributed by atoms with van der Waals surface area (Å²) in [6.07, 6.45) is 0.554. The van der Waals surface area contributed by atoms with Gasteiger partial charge in [-0.25, -0.2) is 0 Å². The maximum Gasteiger partial charge on any atom is 0.227 e. The Labute approximate surface area is 117 Å². The van der Waals surface area contributed by atoms with E-state index in [4.69, 9.17) is 22.5 Å². The largest absolute Gasteiger partial charge is 0.409 e. The van der Waals surface area contributed by atoms with Crippen LogP contribution in [0.2, 0.25) is 5.02 Å². The lowest BCUT2D eigenvalue weighted by Crippen LogP contribution is -2.38. The first-order valence-electron chi connectivity index (χ1n) is 5.91. The molecule has 1 aromatic rings. The zero-order valence-electron chi connectivity index (χ0n) is 11.0. The number of hydrogen-bond donors (Lipinski definition) is 2. The fourth-order valence-corrected chi connectivity index (χ4v) is 1.86. The Hall–Kier alpha value is -1.75. The number of amides is 1. The van der Waals surface area contributed by atoms with Gasteiger partial charge in [0, 0.05) is 24.5 Å². The van der Waals surface area contributed by atoms with Crippen molar-refractivity contribution in [3.63, 3.8) is 0 Å². The van der Waals surface area contributed by atoms with Crippen LogP contribution in [0.3, 0.4) is 0 Å². The molecule has 3 N–H and O–H groups in total. The SMILES string of the molecule is CC(CC(N)=NO)N(C)C(=O)Cc1ccccc1Cl. The molecule has 19 heavy (non-hydrogen) atoms. The molecule has 1 amide bonds. The van der Waals surface area contributed by atoms with Gasteiger partial charge in [0.1, 0.15) is 5.84 Å². The molecule has 0 aromatic heterocycles. The van der Waals surface area contributed by atoms with Gasteiger partial charge in [0.05, 0.1) is 6.42 Å². The average molecular weight is 284 g/mol. The van der Waals surface area contributed by atoms with E-state index in [1.807, 2.05) is 25.1 Å². The third-order valence-electron chi connectivity index (χ3n) is 2.99. The molecular weight excluding hydrogens is 266 g/mol. The van der Waals surface area contributed by atoms with E-state index in [0.29, 0.717) is 11.4 Å². The smallest absolute Gasteiger partial charge is 0.227 e. The topological polar surface area (TPSA) is 78.9 Å². The molecule has 0 spiro atoms. The van der Waals surface area contributed by atoms with E-state index in [-0.39, 0.29) is 24.2 Å². The van der Waals surface area contributed by atoms with Gasteiger partial charge in [-0.05, 0) is 18.6 Å². The number of nitrogens with two attached hydrogens (primary N) is 1. The quantitative estimate of drug-likeness (QED) is 0.375. The third kappa shape index (κ3) is 4.44.